The van der Waals surface area contributed by atoms with Crippen molar-refractivity contribution in [1.82, 2.24) is 14.8 Å². The van der Waals surface area contributed by atoms with Crippen molar-refractivity contribution < 1.29 is 23.8 Å². The number of likely N-dealkylation sites (N-methyl/N-ethyl adjacent to an activating group) is 1. The molecular weight excluding hydrogens is 439 g/mol. The third kappa shape index (κ3) is 5.91. The van der Waals surface area contributed by atoms with Gasteiger partial charge in [-0.25, -0.2) is 14.2 Å². The SMILES string of the molecule is CC=Cc1cnc2c(c1)C(=O)N([C@H](C)CO)C[C@@H](C)[C@@H](CN(C)C(=O)Nc1ccc(F)cc1)O2. The highest BCUT2D eigenvalue weighted by Gasteiger charge is 2.34. The Morgan fingerprint density at radius 2 is 2.12 bits per heavy atom. The van der Waals surface area contributed by atoms with Gasteiger partial charge in [-0.15, -0.1) is 0 Å². The molecule has 0 spiro atoms. The van der Waals surface area contributed by atoms with Gasteiger partial charge in [-0.3, -0.25) is 4.79 Å². The highest BCUT2D eigenvalue weighted by Crippen LogP contribution is 2.27. The minimum Gasteiger partial charge on any atom is -0.472 e. The Bertz CT molecular complexity index is 1040. The molecule has 0 saturated heterocycles. The van der Waals surface area contributed by atoms with E-state index >= 15 is 0 Å². The van der Waals surface area contributed by atoms with Crippen LogP contribution in [0.3, 0.4) is 0 Å². The number of rotatable bonds is 6. The van der Waals surface area contributed by atoms with Crippen LogP contribution in [0.4, 0.5) is 14.9 Å². The van der Waals surface area contributed by atoms with Gasteiger partial charge in [0.2, 0.25) is 5.88 Å². The number of aromatic nitrogens is 1. The van der Waals surface area contributed by atoms with Crippen molar-refractivity contribution in [3.63, 3.8) is 0 Å². The Balaban J connectivity index is 1.85. The quantitative estimate of drug-likeness (QED) is 0.672. The maximum Gasteiger partial charge on any atom is 0.321 e. The molecule has 1 aromatic carbocycles. The number of anilines is 1. The van der Waals surface area contributed by atoms with Gasteiger partial charge in [0.05, 0.1) is 19.2 Å². The van der Waals surface area contributed by atoms with Crippen LogP contribution in [0.1, 0.15) is 36.7 Å². The van der Waals surface area contributed by atoms with Crippen LogP contribution < -0.4 is 10.1 Å². The number of allylic oxidation sites excluding steroid dienone is 1. The first kappa shape index (κ1) is 25.2. The summed E-state index contributed by atoms with van der Waals surface area (Å²) in [5.74, 6) is -0.618. The molecule has 34 heavy (non-hydrogen) atoms. The maximum absolute atomic E-state index is 13.3. The number of hydrogen-bond acceptors (Lipinski definition) is 5. The predicted molar refractivity (Wildman–Crippen MR) is 128 cm³/mol. The van der Waals surface area contributed by atoms with E-state index in [2.05, 4.69) is 10.3 Å². The number of pyridine rings is 1. The van der Waals surface area contributed by atoms with E-state index < -0.39 is 12.1 Å². The zero-order valence-electron chi connectivity index (χ0n) is 19.9. The summed E-state index contributed by atoms with van der Waals surface area (Å²) in [5.41, 5.74) is 1.55. The number of aliphatic hydroxyl groups is 1. The van der Waals surface area contributed by atoms with Crippen molar-refractivity contribution in [2.45, 2.75) is 32.9 Å². The van der Waals surface area contributed by atoms with Gasteiger partial charge in [-0.2, -0.15) is 0 Å². The van der Waals surface area contributed by atoms with Gasteiger partial charge >= 0.3 is 6.03 Å². The van der Waals surface area contributed by atoms with Crippen molar-refractivity contribution in [2.75, 3.05) is 32.1 Å². The number of benzene rings is 1. The number of ether oxygens (including phenoxy) is 1. The second-order valence-electron chi connectivity index (χ2n) is 8.56. The molecule has 0 aliphatic carbocycles. The van der Waals surface area contributed by atoms with Gasteiger partial charge < -0.3 is 25.0 Å². The lowest BCUT2D eigenvalue weighted by Crippen LogP contribution is -2.50. The van der Waals surface area contributed by atoms with Gasteiger partial charge in [0.25, 0.3) is 5.91 Å². The normalized spacial score (nSPS) is 19.1. The Morgan fingerprint density at radius 3 is 2.76 bits per heavy atom. The van der Waals surface area contributed by atoms with Gasteiger partial charge in [0.1, 0.15) is 17.5 Å². The minimum absolute atomic E-state index is 0.163. The van der Waals surface area contributed by atoms with Crippen LogP contribution in [0.15, 0.2) is 42.6 Å². The van der Waals surface area contributed by atoms with E-state index in [9.17, 15) is 19.1 Å². The standard InChI is InChI=1S/C25H31FN4O4/c1-5-6-18-11-21-23(27-12-18)34-22(16(2)13-30(24(21)32)17(3)15-31)14-29(4)25(33)28-20-9-7-19(26)8-10-20/h5-12,16-17,22,31H,13-15H2,1-4H3,(H,28,33)/t16-,17-,22-/m1/s1. The second kappa shape index (κ2) is 11.1. The molecule has 3 atom stereocenters. The molecule has 9 heteroatoms. The predicted octanol–water partition coefficient (Wildman–Crippen LogP) is 3.64. The summed E-state index contributed by atoms with van der Waals surface area (Å²) in [7, 11) is 1.64. The number of aliphatic hydroxyl groups excluding tert-OH is 1. The summed E-state index contributed by atoms with van der Waals surface area (Å²) in [6.07, 6.45) is 4.85. The van der Waals surface area contributed by atoms with Crippen LogP contribution in [0, 0.1) is 11.7 Å². The number of hydrogen-bond donors (Lipinski definition) is 2. The fraction of sp³-hybridized carbons (Fsp3) is 0.400. The van der Waals surface area contributed by atoms with Gasteiger partial charge in [0, 0.05) is 31.4 Å². The van der Waals surface area contributed by atoms with Crippen molar-refractivity contribution in [3.05, 3.63) is 59.5 Å². The maximum atomic E-state index is 13.3. The molecule has 1 aliphatic heterocycles. The summed E-state index contributed by atoms with van der Waals surface area (Å²) < 4.78 is 19.3. The molecule has 2 aromatic rings. The number of nitrogens with one attached hydrogen (secondary N) is 1. The van der Waals surface area contributed by atoms with E-state index in [1.807, 2.05) is 26.0 Å². The third-order valence-corrected chi connectivity index (χ3v) is 5.80. The summed E-state index contributed by atoms with van der Waals surface area (Å²) in [4.78, 5) is 33.5. The molecule has 0 bridgehead atoms. The number of carbonyl (C=O) groups excluding carboxylic acids is 2. The number of fused-ring (bicyclic) bond motifs is 1. The lowest BCUT2D eigenvalue weighted by Gasteiger charge is -2.37. The molecule has 8 nitrogen and oxygen atoms in total. The first-order valence-corrected chi connectivity index (χ1v) is 11.2. The Morgan fingerprint density at radius 1 is 1.41 bits per heavy atom. The Labute approximate surface area is 199 Å². The molecule has 0 unspecified atom stereocenters. The fourth-order valence-corrected chi connectivity index (χ4v) is 3.72. The van der Waals surface area contributed by atoms with Gasteiger partial charge in [0.15, 0.2) is 0 Å². The topological polar surface area (TPSA) is 95.0 Å². The van der Waals surface area contributed by atoms with Crippen LogP contribution in [0.25, 0.3) is 6.08 Å². The highest BCUT2D eigenvalue weighted by atomic mass is 19.1. The van der Waals surface area contributed by atoms with E-state index in [1.54, 1.807) is 31.1 Å². The number of urea groups is 1. The zero-order chi connectivity index (χ0) is 24.8. The molecule has 2 N–H and O–H groups in total. The second-order valence-corrected chi connectivity index (χ2v) is 8.56. The van der Waals surface area contributed by atoms with Gasteiger partial charge in [-0.1, -0.05) is 19.1 Å². The number of nitrogens with zero attached hydrogens (tertiary/aromatic N) is 3. The summed E-state index contributed by atoms with van der Waals surface area (Å²) in [6.45, 7) is 5.97. The largest absolute Gasteiger partial charge is 0.472 e. The van der Waals surface area contributed by atoms with Gasteiger partial charge in [-0.05, 0) is 49.7 Å². The van der Waals surface area contributed by atoms with E-state index in [4.69, 9.17) is 4.74 Å². The first-order valence-electron chi connectivity index (χ1n) is 11.2. The molecule has 1 aliphatic rings. The summed E-state index contributed by atoms with van der Waals surface area (Å²) in [5, 5.41) is 12.5. The molecule has 3 rings (SSSR count). The number of halogens is 1. The molecule has 3 amide bonds. The molecule has 0 radical (unpaired) electrons. The van der Waals surface area contributed by atoms with E-state index in [-0.39, 0.29) is 42.7 Å². The number of carbonyl (C=O) groups is 2. The molecule has 182 valence electrons. The lowest BCUT2D eigenvalue weighted by molar-refractivity contribution is 0.0356. The Hall–Kier alpha value is -3.46. The monoisotopic (exact) mass is 470 g/mol. The smallest absolute Gasteiger partial charge is 0.321 e. The van der Waals surface area contributed by atoms with Crippen molar-refractivity contribution in [3.8, 4) is 5.88 Å². The Kier molecular flexibility index (Phi) is 8.22. The van der Waals surface area contributed by atoms with Crippen LogP contribution in [0.2, 0.25) is 0 Å². The van der Waals surface area contributed by atoms with Crippen LogP contribution in [0.5, 0.6) is 5.88 Å². The van der Waals surface area contributed by atoms with Crippen LogP contribution in [-0.2, 0) is 0 Å². The lowest BCUT2D eigenvalue weighted by atomic mass is 10.00. The fourth-order valence-electron chi connectivity index (χ4n) is 3.72. The third-order valence-electron chi connectivity index (χ3n) is 5.80. The minimum atomic E-state index is -0.468. The molecular formula is C25H31FN4O4. The first-order chi connectivity index (χ1) is 16.2. The van der Waals surface area contributed by atoms with Crippen molar-refractivity contribution in [1.29, 1.82) is 0 Å². The van der Waals surface area contributed by atoms with E-state index in [0.717, 1.165) is 5.56 Å². The van der Waals surface area contributed by atoms with Crippen molar-refractivity contribution in [2.24, 2.45) is 5.92 Å². The highest BCUT2D eigenvalue weighted by molar-refractivity contribution is 5.97. The summed E-state index contributed by atoms with van der Waals surface area (Å²) in [6, 6.07) is 6.46. The number of amides is 3. The average Bonchev–Trinajstić information content (AvgIpc) is 2.82. The summed E-state index contributed by atoms with van der Waals surface area (Å²) >= 11 is 0. The van der Waals surface area contributed by atoms with E-state index in [1.165, 1.54) is 29.2 Å². The molecule has 2 heterocycles. The van der Waals surface area contributed by atoms with Crippen LogP contribution in [-0.4, -0.2) is 70.7 Å². The van der Waals surface area contributed by atoms with Crippen molar-refractivity contribution >= 4 is 23.7 Å². The van der Waals surface area contributed by atoms with E-state index in [0.29, 0.717) is 17.8 Å². The average molecular weight is 471 g/mol. The molecule has 1 aromatic heterocycles. The zero-order valence-corrected chi connectivity index (χ0v) is 19.9. The van der Waals surface area contributed by atoms with Crippen LogP contribution >= 0.6 is 0 Å². The molecule has 0 saturated carbocycles. The molecule has 0 fully saturated rings.